The molecule has 2 unspecified atom stereocenters. The van der Waals surface area contributed by atoms with E-state index >= 15 is 0 Å². The molecule has 1 N–H and O–H groups in total. The first-order valence-electron chi connectivity index (χ1n) is 4.77. The first kappa shape index (κ1) is 9.99. The largest absolute Gasteiger partial charge is 0.371 e. The molecule has 1 fully saturated rings. The zero-order valence-electron chi connectivity index (χ0n) is 8.07. The zero-order valence-corrected chi connectivity index (χ0v) is 9.70. The van der Waals surface area contributed by atoms with Crippen LogP contribution in [0.2, 0.25) is 0 Å². The Bertz CT molecular complexity index is 323. The molecule has 1 aliphatic rings. The Morgan fingerprint density at radius 1 is 1.36 bits per heavy atom. The molecule has 14 heavy (non-hydrogen) atoms. The predicted octanol–water partition coefficient (Wildman–Crippen LogP) is 2.99. The maximum absolute atomic E-state index is 5.19. The van der Waals surface area contributed by atoms with Crippen molar-refractivity contribution in [3.63, 3.8) is 0 Å². The standard InChI is InChI=1S/C11H13NS2/c1-8-7-12-11(13)14-10(8)9-5-3-2-4-6-9/h2-6,8,10H,7H2,1H3,(H,12,13). The van der Waals surface area contributed by atoms with Crippen molar-refractivity contribution in [1.82, 2.24) is 5.32 Å². The average molecular weight is 223 g/mol. The minimum Gasteiger partial charge on any atom is -0.371 e. The number of thioether (sulfide) groups is 1. The fraction of sp³-hybridized carbons (Fsp3) is 0.364. The van der Waals surface area contributed by atoms with Gasteiger partial charge >= 0.3 is 0 Å². The molecular formula is C11H13NS2. The van der Waals surface area contributed by atoms with Gasteiger partial charge in [0.2, 0.25) is 0 Å². The lowest BCUT2D eigenvalue weighted by Crippen LogP contribution is -2.33. The normalized spacial score (nSPS) is 27.1. The van der Waals surface area contributed by atoms with Crippen LogP contribution in [0, 0.1) is 5.92 Å². The second kappa shape index (κ2) is 4.32. The van der Waals surface area contributed by atoms with Gasteiger partial charge in [-0.15, -0.1) is 0 Å². The molecular weight excluding hydrogens is 210 g/mol. The molecule has 1 heterocycles. The molecule has 1 nitrogen and oxygen atoms in total. The second-order valence-corrected chi connectivity index (χ2v) is 5.41. The van der Waals surface area contributed by atoms with E-state index in [4.69, 9.17) is 12.2 Å². The molecule has 0 aromatic heterocycles. The van der Waals surface area contributed by atoms with E-state index in [1.807, 2.05) is 0 Å². The van der Waals surface area contributed by atoms with Crippen LogP contribution < -0.4 is 5.32 Å². The molecule has 0 spiro atoms. The van der Waals surface area contributed by atoms with E-state index in [1.54, 1.807) is 11.8 Å². The van der Waals surface area contributed by atoms with Gasteiger partial charge in [-0.25, -0.2) is 0 Å². The van der Waals surface area contributed by atoms with E-state index in [9.17, 15) is 0 Å². The Morgan fingerprint density at radius 3 is 2.79 bits per heavy atom. The van der Waals surface area contributed by atoms with Crippen molar-refractivity contribution in [2.45, 2.75) is 12.2 Å². The Labute approximate surface area is 94.3 Å². The SMILES string of the molecule is CC1CNC(=S)SC1c1ccccc1. The molecule has 1 aromatic carbocycles. The predicted molar refractivity (Wildman–Crippen MR) is 66.5 cm³/mol. The summed E-state index contributed by atoms with van der Waals surface area (Å²) in [6, 6.07) is 10.6. The molecule has 0 radical (unpaired) electrons. The Kier molecular flexibility index (Phi) is 3.08. The van der Waals surface area contributed by atoms with Gasteiger partial charge in [-0.3, -0.25) is 0 Å². The highest BCUT2D eigenvalue weighted by Crippen LogP contribution is 2.38. The summed E-state index contributed by atoms with van der Waals surface area (Å²) < 4.78 is 0.928. The minimum atomic E-state index is 0.518. The van der Waals surface area contributed by atoms with Gasteiger partial charge in [-0.1, -0.05) is 61.2 Å². The number of rotatable bonds is 1. The number of hydrogen-bond acceptors (Lipinski definition) is 2. The molecule has 74 valence electrons. The summed E-state index contributed by atoms with van der Waals surface area (Å²) in [5.74, 6) is 0.633. The van der Waals surface area contributed by atoms with E-state index in [0.717, 1.165) is 10.9 Å². The highest BCUT2D eigenvalue weighted by Gasteiger charge is 2.25. The van der Waals surface area contributed by atoms with Crippen molar-refractivity contribution in [2.24, 2.45) is 5.92 Å². The summed E-state index contributed by atoms with van der Waals surface area (Å²) in [7, 11) is 0. The lowest BCUT2D eigenvalue weighted by atomic mass is 10.0. The molecule has 0 amide bonds. The van der Waals surface area contributed by atoms with Crippen LogP contribution >= 0.6 is 24.0 Å². The summed E-state index contributed by atoms with van der Waals surface area (Å²) in [6.45, 7) is 3.25. The zero-order chi connectivity index (χ0) is 9.97. The van der Waals surface area contributed by atoms with Gasteiger partial charge in [-0.2, -0.15) is 0 Å². The van der Waals surface area contributed by atoms with Crippen molar-refractivity contribution < 1.29 is 0 Å². The number of nitrogens with one attached hydrogen (secondary N) is 1. The molecule has 3 heteroatoms. The maximum Gasteiger partial charge on any atom is 0.134 e. The quantitative estimate of drug-likeness (QED) is 0.735. The third-order valence-corrected chi connectivity index (χ3v) is 4.23. The van der Waals surface area contributed by atoms with Gasteiger partial charge in [0.15, 0.2) is 0 Å². The number of benzene rings is 1. The van der Waals surface area contributed by atoms with E-state index in [0.29, 0.717) is 11.2 Å². The van der Waals surface area contributed by atoms with Crippen LogP contribution in [0.25, 0.3) is 0 Å². The van der Waals surface area contributed by atoms with Crippen LogP contribution in [0.5, 0.6) is 0 Å². The smallest absolute Gasteiger partial charge is 0.134 e. The van der Waals surface area contributed by atoms with Gasteiger partial charge in [0.25, 0.3) is 0 Å². The number of thiocarbonyl (C=S) groups is 1. The van der Waals surface area contributed by atoms with E-state index in [2.05, 4.69) is 42.6 Å². The molecule has 2 atom stereocenters. The van der Waals surface area contributed by atoms with E-state index in [-0.39, 0.29) is 0 Å². The molecule has 1 aromatic rings. The molecule has 1 aliphatic heterocycles. The molecule has 0 bridgehead atoms. The Balaban J connectivity index is 2.20. The lowest BCUT2D eigenvalue weighted by molar-refractivity contribution is 0.549. The molecule has 0 saturated carbocycles. The van der Waals surface area contributed by atoms with Crippen LogP contribution in [0.3, 0.4) is 0 Å². The average Bonchev–Trinajstić information content (AvgIpc) is 2.23. The fourth-order valence-corrected chi connectivity index (χ4v) is 3.08. The van der Waals surface area contributed by atoms with Crippen LogP contribution in [-0.4, -0.2) is 10.9 Å². The highest BCUT2D eigenvalue weighted by molar-refractivity contribution is 8.23. The summed E-state index contributed by atoms with van der Waals surface area (Å²) >= 11 is 6.96. The van der Waals surface area contributed by atoms with Crippen LogP contribution in [0.1, 0.15) is 17.7 Å². The van der Waals surface area contributed by atoms with Gasteiger partial charge < -0.3 is 5.32 Å². The van der Waals surface area contributed by atoms with Gasteiger partial charge in [0.1, 0.15) is 4.32 Å². The first-order valence-corrected chi connectivity index (χ1v) is 6.05. The van der Waals surface area contributed by atoms with Crippen molar-refractivity contribution in [3.8, 4) is 0 Å². The fourth-order valence-electron chi connectivity index (χ4n) is 1.66. The minimum absolute atomic E-state index is 0.518. The number of hydrogen-bond donors (Lipinski definition) is 1. The summed E-state index contributed by atoms with van der Waals surface area (Å²) in [5.41, 5.74) is 1.38. The van der Waals surface area contributed by atoms with Crippen molar-refractivity contribution in [1.29, 1.82) is 0 Å². The van der Waals surface area contributed by atoms with Crippen LogP contribution in [0.15, 0.2) is 30.3 Å². The third-order valence-electron chi connectivity index (χ3n) is 2.45. The lowest BCUT2D eigenvalue weighted by Gasteiger charge is -2.29. The highest BCUT2D eigenvalue weighted by atomic mass is 32.2. The van der Waals surface area contributed by atoms with Gasteiger partial charge in [-0.05, 0) is 11.5 Å². The monoisotopic (exact) mass is 223 g/mol. The van der Waals surface area contributed by atoms with Crippen molar-refractivity contribution >= 4 is 28.3 Å². The van der Waals surface area contributed by atoms with Crippen LogP contribution in [0.4, 0.5) is 0 Å². The van der Waals surface area contributed by atoms with Gasteiger partial charge in [0.05, 0.1) is 0 Å². The summed E-state index contributed by atoms with van der Waals surface area (Å²) in [5, 5.41) is 3.74. The molecule has 0 aliphatic carbocycles. The Morgan fingerprint density at radius 2 is 2.07 bits per heavy atom. The third kappa shape index (κ3) is 2.10. The summed E-state index contributed by atoms with van der Waals surface area (Å²) in [6.07, 6.45) is 0. The van der Waals surface area contributed by atoms with E-state index in [1.165, 1.54) is 5.56 Å². The van der Waals surface area contributed by atoms with Crippen molar-refractivity contribution in [2.75, 3.05) is 6.54 Å². The summed E-state index contributed by atoms with van der Waals surface area (Å²) in [4.78, 5) is 0. The Hall–Kier alpha value is -0.540. The van der Waals surface area contributed by atoms with Gasteiger partial charge in [0, 0.05) is 11.8 Å². The molecule has 1 saturated heterocycles. The van der Waals surface area contributed by atoms with Crippen molar-refractivity contribution in [3.05, 3.63) is 35.9 Å². The first-order chi connectivity index (χ1) is 6.77. The maximum atomic E-state index is 5.19. The van der Waals surface area contributed by atoms with Crippen LogP contribution in [-0.2, 0) is 0 Å². The molecule has 2 rings (SSSR count). The van der Waals surface area contributed by atoms with E-state index < -0.39 is 0 Å². The second-order valence-electron chi connectivity index (χ2n) is 3.59. The topological polar surface area (TPSA) is 12.0 Å².